The van der Waals surface area contributed by atoms with Gasteiger partial charge in [-0.25, -0.2) is 4.39 Å². The molecule has 0 saturated heterocycles. The summed E-state index contributed by atoms with van der Waals surface area (Å²) in [6.45, 7) is 1.85. The van der Waals surface area contributed by atoms with Crippen LogP contribution < -0.4 is 10.1 Å². The lowest BCUT2D eigenvalue weighted by atomic mass is 10.0. The third kappa shape index (κ3) is 5.47. The Labute approximate surface area is 195 Å². The maximum atomic E-state index is 14.1. The fourth-order valence-corrected chi connectivity index (χ4v) is 3.55. The summed E-state index contributed by atoms with van der Waals surface area (Å²) in [6, 6.07) is 16.7. The number of carbonyl (C=O) groups excluding carboxylic acids is 1. The summed E-state index contributed by atoms with van der Waals surface area (Å²) in [7, 11) is 1.48. The molecule has 0 unspecified atom stereocenters. The van der Waals surface area contributed by atoms with E-state index in [9.17, 15) is 14.4 Å². The molecule has 32 heavy (non-hydrogen) atoms. The van der Waals surface area contributed by atoms with Crippen LogP contribution in [0.3, 0.4) is 0 Å². The summed E-state index contributed by atoms with van der Waals surface area (Å²) < 4.78 is 19.5. The van der Waals surface area contributed by atoms with Crippen LogP contribution in [0.2, 0.25) is 10.0 Å². The number of rotatable bonds is 6. The van der Waals surface area contributed by atoms with Gasteiger partial charge in [-0.2, -0.15) is 5.26 Å². The van der Waals surface area contributed by atoms with Gasteiger partial charge in [-0.05, 0) is 60.0 Å². The number of methoxy groups -OCH3 is 1. The summed E-state index contributed by atoms with van der Waals surface area (Å²) in [5, 5.41) is 13.0. The third-order valence-electron chi connectivity index (χ3n) is 4.83. The van der Waals surface area contributed by atoms with Gasteiger partial charge < -0.3 is 10.1 Å². The maximum absolute atomic E-state index is 14.1. The van der Waals surface area contributed by atoms with Gasteiger partial charge >= 0.3 is 0 Å². The van der Waals surface area contributed by atoms with Crippen molar-refractivity contribution in [3.63, 3.8) is 0 Å². The number of anilines is 1. The number of carbonyl (C=O) groups is 1. The molecule has 4 nitrogen and oxygen atoms in total. The highest BCUT2D eigenvalue weighted by atomic mass is 35.5. The third-order valence-corrected chi connectivity index (χ3v) is 5.57. The molecule has 0 spiro atoms. The molecule has 3 aromatic carbocycles. The van der Waals surface area contributed by atoms with Crippen molar-refractivity contribution in [3.8, 4) is 11.8 Å². The molecule has 0 fully saturated rings. The Morgan fingerprint density at radius 2 is 1.91 bits per heavy atom. The van der Waals surface area contributed by atoms with E-state index in [2.05, 4.69) is 5.32 Å². The van der Waals surface area contributed by atoms with Crippen LogP contribution in [0.1, 0.15) is 22.3 Å². The van der Waals surface area contributed by atoms with E-state index in [4.69, 9.17) is 27.9 Å². The molecule has 0 aliphatic carbocycles. The van der Waals surface area contributed by atoms with Crippen LogP contribution in [0.4, 0.5) is 10.1 Å². The van der Waals surface area contributed by atoms with Gasteiger partial charge in [0, 0.05) is 27.7 Å². The second kappa shape index (κ2) is 10.3. The van der Waals surface area contributed by atoms with E-state index in [1.807, 2.05) is 13.0 Å². The van der Waals surface area contributed by atoms with Gasteiger partial charge in [-0.3, -0.25) is 4.79 Å². The molecule has 0 saturated carbocycles. The zero-order chi connectivity index (χ0) is 23.3. The molecule has 1 amide bonds. The molecule has 0 radical (unpaired) electrons. The minimum atomic E-state index is -0.585. The Morgan fingerprint density at radius 1 is 1.16 bits per heavy atom. The van der Waals surface area contributed by atoms with Gasteiger partial charge in [0.2, 0.25) is 0 Å². The number of nitrogens with zero attached hydrogens (tertiary/aromatic N) is 1. The molecular weight excluding hydrogens is 450 g/mol. The van der Waals surface area contributed by atoms with Crippen molar-refractivity contribution >= 4 is 40.9 Å². The molecule has 1 N–H and O–H groups in total. The lowest BCUT2D eigenvalue weighted by Crippen LogP contribution is -2.13. The maximum Gasteiger partial charge on any atom is 0.266 e. The van der Waals surface area contributed by atoms with Crippen LogP contribution in [0.25, 0.3) is 6.08 Å². The number of nitrogens with one attached hydrogen (secondary N) is 1. The van der Waals surface area contributed by atoms with E-state index < -0.39 is 5.91 Å². The number of hydrogen-bond donors (Lipinski definition) is 1. The summed E-state index contributed by atoms with van der Waals surface area (Å²) in [5.41, 5.74) is 2.80. The van der Waals surface area contributed by atoms with Crippen LogP contribution in [-0.2, 0) is 11.2 Å². The number of halogens is 3. The van der Waals surface area contributed by atoms with Crippen molar-refractivity contribution in [2.75, 3.05) is 12.4 Å². The zero-order valence-electron chi connectivity index (χ0n) is 17.4. The van der Waals surface area contributed by atoms with Gasteiger partial charge in [-0.15, -0.1) is 0 Å². The summed E-state index contributed by atoms with van der Waals surface area (Å²) in [4.78, 5) is 12.6. The summed E-state index contributed by atoms with van der Waals surface area (Å²) in [5.74, 6) is -0.498. The minimum absolute atomic E-state index is 0.123. The van der Waals surface area contributed by atoms with E-state index in [-0.39, 0.29) is 17.8 Å². The second-order valence-corrected chi connectivity index (χ2v) is 7.85. The molecule has 0 atom stereocenters. The van der Waals surface area contributed by atoms with Crippen LogP contribution in [0, 0.1) is 24.1 Å². The topological polar surface area (TPSA) is 62.1 Å². The first-order chi connectivity index (χ1) is 15.3. The second-order valence-electron chi connectivity index (χ2n) is 7.04. The van der Waals surface area contributed by atoms with Gasteiger partial charge in [0.25, 0.3) is 5.91 Å². The quantitative estimate of drug-likeness (QED) is 0.328. The average molecular weight is 469 g/mol. The Morgan fingerprint density at radius 3 is 2.56 bits per heavy atom. The van der Waals surface area contributed by atoms with E-state index >= 15 is 0 Å². The van der Waals surface area contributed by atoms with Crippen LogP contribution in [-0.4, -0.2) is 13.0 Å². The van der Waals surface area contributed by atoms with Crippen LogP contribution in [0.15, 0.2) is 60.2 Å². The first-order valence-corrected chi connectivity index (χ1v) is 10.4. The smallest absolute Gasteiger partial charge is 0.266 e. The lowest BCUT2D eigenvalue weighted by Gasteiger charge is -2.13. The first-order valence-electron chi connectivity index (χ1n) is 9.61. The van der Waals surface area contributed by atoms with Crippen molar-refractivity contribution in [3.05, 3.63) is 98.3 Å². The monoisotopic (exact) mass is 468 g/mol. The van der Waals surface area contributed by atoms with E-state index in [1.165, 1.54) is 19.3 Å². The fraction of sp³-hybridized carbons (Fsp3) is 0.120. The summed E-state index contributed by atoms with van der Waals surface area (Å²) >= 11 is 12.5. The Balaban J connectivity index is 1.89. The minimum Gasteiger partial charge on any atom is -0.496 e. The number of amides is 1. The highest BCUT2D eigenvalue weighted by Gasteiger charge is 2.15. The SMILES string of the molecule is COc1cc(/C=C(\C#N)C(=O)Nc2ccc(C)c(Cl)c2)cc(Cl)c1Cc1ccccc1F. The predicted molar refractivity (Wildman–Crippen MR) is 126 cm³/mol. The van der Waals surface area contributed by atoms with Gasteiger partial charge in [-0.1, -0.05) is 47.5 Å². The Bertz CT molecular complexity index is 1250. The molecule has 0 aromatic heterocycles. The highest BCUT2D eigenvalue weighted by Crippen LogP contribution is 2.32. The zero-order valence-corrected chi connectivity index (χ0v) is 18.9. The standard InChI is InChI=1S/C25H19Cl2FN2O2/c1-15-7-8-19(13-21(15)26)30-25(31)18(14-29)9-16-10-22(27)20(24(11-16)32-2)12-17-5-3-4-6-23(17)28/h3-11,13H,12H2,1-2H3,(H,30,31)/b18-9+. The van der Waals surface area contributed by atoms with E-state index in [1.54, 1.807) is 48.5 Å². The normalized spacial score (nSPS) is 11.1. The van der Waals surface area contributed by atoms with Crippen LogP contribution >= 0.6 is 23.2 Å². The van der Waals surface area contributed by atoms with E-state index in [0.717, 1.165) is 5.56 Å². The van der Waals surface area contributed by atoms with Crippen molar-refractivity contribution < 1.29 is 13.9 Å². The number of ether oxygens (including phenoxy) is 1. The lowest BCUT2D eigenvalue weighted by molar-refractivity contribution is -0.112. The molecule has 0 heterocycles. The van der Waals surface area contributed by atoms with Gasteiger partial charge in [0.05, 0.1) is 7.11 Å². The fourth-order valence-electron chi connectivity index (χ4n) is 3.08. The average Bonchev–Trinajstić information content (AvgIpc) is 2.77. The number of aryl methyl sites for hydroxylation is 1. The predicted octanol–water partition coefficient (Wildman–Crippen LogP) is 6.59. The Kier molecular flexibility index (Phi) is 7.53. The Hall–Kier alpha value is -3.33. The molecule has 3 rings (SSSR count). The summed E-state index contributed by atoms with van der Waals surface area (Å²) in [6.07, 6.45) is 1.64. The van der Waals surface area contributed by atoms with Crippen molar-refractivity contribution in [2.24, 2.45) is 0 Å². The van der Waals surface area contributed by atoms with Gasteiger partial charge in [0.1, 0.15) is 23.2 Å². The number of nitriles is 1. The number of benzene rings is 3. The van der Waals surface area contributed by atoms with Gasteiger partial charge in [0.15, 0.2) is 0 Å². The number of hydrogen-bond acceptors (Lipinski definition) is 3. The molecule has 0 bridgehead atoms. The molecular formula is C25H19Cl2FN2O2. The first kappa shape index (κ1) is 23.3. The molecule has 7 heteroatoms. The highest BCUT2D eigenvalue weighted by molar-refractivity contribution is 6.32. The molecule has 0 aliphatic rings. The van der Waals surface area contributed by atoms with Crippen LogP contribution in [0.5, 0.6) is 5.75 Å². The largest absolute Gasteiger partial charge is 0.496 e. The molecule has 3 aromatic rings. The van der Waals surface area contributed by atoms with Crippen molar-refractivity contribution in [2.45, 2.75) is 13.3 Å². The molecule has 162 valence electrons. The van der Waals surface area contributed by atoms with E-state index in [0.29, 0.717) is 38.2 Å². The van der Waals surface area contributed by atoms with Crippen molar-refractivity contribution in [1.29, 1.82) is 5.26 Å². The van der Waals surface area contributed by atoms with Crippen molar-refractivity contribution in [1.82, 2.24) is 0 Å². The molecule has 0 aliphatic heterocycles.